The highest BCUT2D eigenvalue weighted by molar-refractivity contribution is 5.85. The quantitative estimate of drug-likeness (QED) is 0.810. The van der Waals surface area contributed by atoms with Crippen LogP contribution in [0, 0.1) is 17.8 Å². The van der Waals surface area contributed by atoms with Crippen LogP contribution in [0.25, 0.3) is 0 Å². The first-order valence-corrected chi connectivity index (χ1v) is 7.30. The average molecular weight is 273 g/mol. The zero-order valence-electron chi connectivity index (χ0n) is 10.9. The molecule has 0 aromatic heterocycles. The van der Waals surface area contributed by atoms with E-state index in [1.54, 1.807) is 0 Å². The molecule has 1 amide bonds. The first-order chi connectivity index (χ1) is 8.24. The van der Waals surface area contributed by atoms with E-state index in [9.17, 15) is 4.79 Å². The van der Waals surface area contributed by atoms with Crippen molar-refractivity contribution in [3.8, 4) is 0 Å². The first-order valence-electron chi connectivity index (χ1n) is 7.30. The molecule has 2 atom stereocenters. The van der Waals surface area contributed by atoms with Gasteiger partial charge in [0, 0.05) is 18.0 Å². The van der Waals surface area contributed by atoms with E-state index < -0.39 is 0 Å². The Morgan fingerprint density at radius 1 is 1.00 bits per heavy atom. The minimum absolute atomic E-state index is 0. The van der Waals surface area contributed by atoms with Crippen molar-refractivity contribution >= 4 is 18.3 Å². The molecule has 2 unspecified atom stereocenters. The Bertz CT molecular complexity index is 292. The summed E-state index contributed by atoms with van der Waals surface area (Å²) < 4.78 is 0. The van der Waals surface area contributed by atoms with Gasteiger partial charge in [0.15, 0.2) is 0 Å². The van der Waals surface area contributed by atoms with E-state index in [0.717, 1.165) is 25.7 Å². The van der Waals surface area contributed by atoms with Crippen molar-refractivity contribution in [2.45, 2.75) is 63.5 Å². The molecule has 0 saturated heterocycles. The number of hydrogen-bond acceptors (Lipinski definition) is 2. The molecule has 104 valence electrons. The molecule has 3 fully saturated rings. The molecule has 0 radical (unpaired) electrons. The molecule has 3 rings (SSSR count). The van der Waals surface area contributed by atoms with Crippen LogP contribution < -0.4 is 11.1 Å². The van der Waals surface area contributed by atoms with E-state index in [0.29, 0.717) is 35.7 Å². The highest BCUT2D eigenvalue weighted by Gasteiger charge is 2.40. The number of amides is 1. The Morgan fingerprint density at radius 2 is 1.56 bits per heavy atom. The monoisotopic (exact) mass is 272 g/mol. The Hall–Kier alpha value is -0.280. The molecule has 3 aliphatic rings. The van der Waals surface area contributed by atoms with Gasteiger partial charge in [-0.1, -0.05) is 12.8 Å². The molecule has 4 heteroatoms. The molecule has 18 heavy (non-hydrogen) atoms. The number of rotatable bonds is 2. The van der Waals surface area contributed by atoms with E-state index in [4.69, 9.17) is 5.73 Å². The van der Waals surface area contributed by atoms with Crippen LogP contribution in [0.1, 0.15) is 51.4 Å². The van der Waals surface area contributed by atoms with E-state index in [1.807, 2.05) is 0 Å². The molecule has 3 aliphatic carbocycles. The molecule has 0 spiro atoms. The lowest BCUT2D eigenvalue weighted by molar-refractivity contribution is -0.129. The minimum Gasteiger partial charge on any atom is -0.353 e. The Morgan fingerprint density at radius 3 is 2.06 bits per heavy atom. The summed E-state index contributed by atoms with van der Waals surface area (Å²) in [6.07, 6.45) is 9.54. The van der Waals surface area contributed by atoms with Gasteiger partial charge in [-0.15, -0.1) is 12.4 Å². The van der Waals surface area contributed by atoms with Crippen molar-refractivity contribution in [1.29, 1.82) is 0 Å². The van der Waals surface area contributed by atoms with Gasteiger partial charge < -0.3 is 11.1 Å². The zero-order valence-corrected chi connectivity index (χ0v) is 11.8. The van der Waals surface area contributed by atoms with Gasteiger partial charge >= 0.3 is 0 Å². The van der Waals surface area contributed by atoms with Crippen LogP contribution in [0.3, 0.4) is 0 Å². The predicted octanol–water partition coefficient (Wildman–Crippen LogP) is 2.23. The number of nitrogens with two attached hydrogens (primary N) is 1. The fourth-order valence-electron chi connectivity index (χ4n) is 3.98. The second-order valence-electron chi connectivity index (χ2n) is 6.34. The summed E-state index contributed by atoms with van der Waals surface area (Å²) in [7, 11) is 0. The second-order valence-corrected chi connectivity index (χ2v) is 6.34. The van der Waals surface area contributed by atoms with Gasteiger partial charge in [0.05, 0.1) is 0 Å². The molecule has 0 heterocycles. The lowest BCUT2D eigenvalue weighted by atomic mass is 9.66. The standard InChI is InChI=1S/C14H24N2O.ClH/c15-12-7-10-5-2-6-11(8-12)13(10)16-14(17)9-3-1-4-9;/h9-13H,1-8,15H2,(H,16,17);1H. The normalized spacial score (nSPS) is 39.4. The van der Waals surface area contributed by atoms with E-state index >= 15 is 0 Å². The van der Waals surface area contributed by atoms with Crippen LogP contribution in [-0.2, 0) is 4.79 Å². The maximum atomic E-state index is 12.1. The van der Waals surface area contributed by atoms with Gasteiger partial charge in [-0.3, -0.25) is 4.79 Å². The molecule has 0 aromatic rings. The smallest absolute Gasteiger partial charge is 0.223 e. The lowest BCUT2D eigenvalue weighted by Gasteiger charge is -2.46. The number of hydrogen-bond donors (Lipinski definition) is 2. The van der Waals surface area contributed by atoms with Crippen molar-refractivity contribution in [3.05, 3.63) is 0 Å². The summed E-state index contributed by atoms with van der Waals surface area (Å²) >= 11 is 0. The van der Waals surface area contributed by atoms with Gasteiger partial charge in [-0.25, -0.2) is 0 Å². The molecule has 0 aromatic carbocycles. The summed E-state index contributed by atoms with van der Waals surface area (Å²) in [6.45, 7) is 0. The maximum Gasteiger partial charge on any atom is 0.223 e. The largest absolute Gasteiger partial charge is 0.353 e. The Labute approximate surface area is 116 Å². The number of carbonyl (C=O) groups is 1. The Kier molecular flexibility index (Phi) is 4.54. The zero-order chi connectivity index (χ0) is 11.8. The van der Waals surface area contributed by atoms with Crippen LogP contribution in [0.5, 0.6) is 0 Å². The summed E-state index contributed by atoms with van der Waals surface area (Å²) in [4.78, 5) is 12.1. The van der Waals surface area contributed by atoms with Gasteiger partial charge in [0.2, 0.25) is 5.91 Å². The average Bonchev–Trinajstić information content (AvgIpc) is 2.16. The number of carbonyl (C=O) groups excluding carboxylic acids is 1. The molecule has 2 bridgehead atoms. The van der Waals surface area contributed by atoms with Crippen molar-refractivity contribution in [2.24, 2.45) is 23.5 Å². The molecule has 0 aliphatic heterocycles. The highest BCUT2D eigenvalue weighted by atomic mass is 35.5. The highest BCUT2D eigenvalue weighted by Crippen LogP contribution is 2.40. The van der Waals surface area contributed by atoms with Gasteiger partial charge in [-0.05, 0) is 50.4 Å². The number of halogens is 1. The third-order valence-electron chi connectivity index (χ3n) is 5.16. The van der Waals surface area contributed by atoms with Gasteiger partial charge in [-0.2, -0.15) is 0 Å². The first kappa shape index (κ1) is 14.1. The van der Waals surface area contributed by atoms with Crippen LogP contribution in [-0.4, -0.2) is 18.0 Å². The van der Waals surface area contributed by atoms with Gasteiger partial charge in [0.1, 0.15) is 0 Å². The molecule has 3 saturated carbocycles. The topological polar surface area (TPSA) is 55.1 Å². The third-order valence-corrected chi connectivity index (χ3v) is 5.16. The fourth-order valence-corrected chi connectivity index (χ4v) is 3.98. The predicted molar refractivity (Wildman–Crippen MR) is 74.6 cm³/mol. The van der Waals surface area contributed by atoms with Crippen LogP contribution in [0.2, 0.25) is 0 Å². The lowest BCUT2D eigenvalue weighted by Crippen LogP contribution is -2.55. The molecular formula is C14H25ClN2O. The van der Waals surface area contributed by atoms with Crippen LogP contribution in [0.4, 0.5) is 0 Å². The van der Waals surface area contributed by atoms with Crippen LogP contribution in [0.15, 0.2) is 0 Å². The van der Waals surface area contributed by atoms with Crippen molar-refractivity contribution in [3.63, 3.8) is 0 Å². The summed E-state index contributed by atoms with van der Waals surface area (Å²) in [5, 5.41) is 3.35. The third kappa shape index (κ3) is 2.67. The van der Waals surface area contributed by atoms with Crippen molar-refractivity contribution in [1.82, 2.24) is 5.32 Å². The molecule has 3 nitrogen and oxygen atoms in total. The van der Waals surface area contributed by atoms with Crippen molar-refractivity contribution in [2.75, 3.05) is 0 Å². The molecule has 3 N–H and O–H groups in total. The van der Waals surface area contributed by atoms with E-state index in [2.05, 4.69) is 5.32 Å². The summed E-state index contributed by atoms with van der Waals surface area (Å²) in [5.74, 6) is 1.96. The fraction of sp³-hybridized carbons (Fsp3) is 0.929. The summed E-state index contributed by atoms with van der Waals surface area (Å²) in [6, 6.07) is 0.818. The van der Waals surface area contributed by atoms with Gasteiger partial charge in [0.25, 0.3) is 0 Å². The van der Waals surface area contributed by atoms with Crippen LogP contribution >= 0.6 is 12.4 Å². The summed E-state index contributed by atoms with van der Waals surface area (Å²) in [5.41, 5.74) is 6.10. The Balaban J connectivity index is 0.00000120. The molecular weight excluding hydrogens is 248 g/mol. The second kappa shape index (κ2) is 5.79. The maximum absolute atomic E-state index is 12.1. The van der Waals surface area contributed by atoms with Crippen molar-refractivity contribution < 1.29 is 4.79 Å². The number of nitrogens with one attached hydrogen (secondary N) is 1. The minimum atomic E-state index is 0. The number of fused-ring (bicyclic) bond motifs is 2. The SMILES string of the molecule is Cl.NC1CC2CCCC(C1)C2NC(=O)C1CCC1. The van der Waals surface area contributed by atoms with E-state index in [-0.39, 0.29) is 12.4 Å². The van der Waals surface area contributed by atoms with E-state index in [1.165, 1.54) is 25.7 Å².